The second kappa shape index (κ2) is 4.40. The molecule has 2 aromatic rings. The number of hydrogen-bond donors (Lipinski definition) is 0. The zero-order valence-corrected chi connectivity index (χ0v) is 9.58. The topological polar surface area (TPSA) is 78.1 Å². The Morgan fingerprint density at radius 1 is 1.56 bits per heavy atom. The van der Waals surface area contributed by atoms with Crippen LogP contribution in [0.25, 0.3) is 10.8 Å². The average molecular weight is 239 g/mol. The molecule has 16 heavy (non-hydrogen) atoms. The molecule has 0 radical (unpaired) electrons. The van der Waals surface area contributed by atoms with E-state index in [9.17, 15) is 4.79 Å². The van der Waals surface area contributed by atoms with Crippen LogP contribution in [-0.2, 0) is 4.74 Å². The van der Waals surface area contributed by atoms with Crippen LogP contribution in [0.2, 0.25) is 0 Å². The number of rotatable bonds is 3. The lowest BCUT2D eigenvalue weighted by Crippen LogP contribution is -2.04. The zero-order valence-electron chi connectivity index (χ0n) is 8.76. The van der Waals surface area contributed by atoms with E-state index in [1.807, 2.05) is 6.92 Å². The van der Waals surface area contributed by atoms with E-state index in [2.05, 4.69) is 15.2 Å². The highest BCUT2D eigenvalue weighted by molar-refractivity contribution is 7.13. The maximum absolute atomic E-state index is 11.3. The van der Waals surface area contributed by atoms with Gasteiger partial charge in [0.05, 0.1) is 17.8 Å². The normalized spacial score (nSPS) is 10.4. The first kappa shape index (κ1) is 10.7. The Bertz CT molecular complexity index is 506. The van der Waals surface area contributed by atoms with Crippen molar-refractivity contribution in [3.8, 4) is 10.8 Å². The Morgan fingerprint density at radius 3 is 3.00 bits per heavy atom. The van der Waals surface area contributed by atoms with E-state index in [0.29, 0.717) is 5.89 Å². The monoisotopic (exact) mass is 239 g/mol. The number of esters is 1. The van der Waals surface area contributed by atoms with Crippen LogP contribution < -0.4 is 0 Å². The molecule has 7 heteroatoms. The molecule has 0 atom stereocenters. The largest absolute Gasteiger partial charge is 0.459 e. The van der Waals surface area contributed by atoms with Gasteiger partial charge < -0.3 is 9.15 Å². The van der Waals surface area contributed by atoms with Crippen molar-refractivity contribution < 1.29 is 13.9 Å². The van der Waals surface area contributed by atoms with Crippen molar-refractivity contribution in [3.05, 3.63) is 17.1 Å². The maximum Gasteiger partial charge on any atom is 0.396 e. The summed E-state index contributed by atoms with van der Waals surface area (Å²) < 4.78 is 9.94. The Balaban J connectivity index is 2.26. The number of carbonyl (C=O) groups is 1. The molecule has 0 aliphatic rings. The minimum absolute atomic E-state index is 0.135. The van der Waals surface area contributed by atoms with Gasteiger partial charge in [-0.05, 0) is 13.8 Å². The summed E-state index contributed by atoms with van der Waals surface area (Å²) in [5, 5.41) is 7.40. The Morgan fingerprint density at radius 2 is 2.38 bits per heavy atom. The molecule has 2 rings (SSSR count). The van der Waals surface area contributed by atoms with Gasteiger partial charge in [0, 0.05) is 0 Å². The highest BCUT2D eigenvalue weighted by Crippen LogP contribution is 2.25. The van der Waals surface area contributed by atoms with Crippen LogP contribution in [0.1, 0.15) is 23.3 Å². The van der Waals surface area contributed by atoms with Crippen LogP contribution in [0.4, 0.5) is 0 Å². The molecule has 0 aliphatic carbocycles. The summed E-state index contributed by atoms with van der Waals surface area (Å²) in [4.78, 5) is 16.1. The summed E-state index contributed by atoms with van der Waals surface area (Å²) in [5.74, 6) is -0.448. The minimum Gasteiger partial charge on any atom is -0.459 e. The van der Waals surface area contributed by atoms with E-state index in [-0.39, 0.29) is 12.5 Å². The third-order valence-electron chi connectivity index (χ3n) is 1.81. The van der Waals surface area contributed by atoms with E-state index < -0.39 is 5.97 Å². The van der Waals surface area contributed by atoms with Gasteiger partial charge in [-0.15, -0.1) is 21.5 Å². The highest BCUT2D eigenvalue weighted by atomic mass is 32.1. The van der Waals surface area contributed by atoms with Gasteiger partial charge in [0.2, 0.25) is 0 Å². The molecule has 0 aromatic carbocycles. The molecule has 84 valence electrons. The van der Waals surface area contributed by atoms with Gasteiger partial charge in [0.25, 0.3) is 5.89 Å². The molecular formula is C9H9N3O3S. The average Bonchev–Trinajstić information content (AvgIpc) is 2.86. The summed E-state index contributed by atoms with van der Waals surface area (Å²) in [6.45, 7) is 3.82. The van der Waals surface area contributed by atoms with E-state index in [1.54, 1.807) is 12.4 Å². The fraction of sp³-hybridized carbons (Fsp3) is 0.333. The third-order valence-corrected chi connectivity index (χ3v) is 2.73. The standard InChI is InChI=1S/C9H9N3O3S/c1-3-14-9(13)8-12-11-7(15-8)6-5(2)10-4-16-6/h4H,3H2,1-2H3. The number of ether oxygens (including phenoxy) is 1. The van der Waals surface area contributed by atoms with Crippen molar-refractivity contribution in [1.82, 2.24) is 15.2 Å². The molecule has 0 bridgehead atoms. The maximum atomic E-state index is 11.3. The van der Waals surface area contributed by atoms with Crippen LogP contribution in [0.5, 0.6) is 0 Å². The summed E-state index contributed by atoms with van der Waals surface area (Å²) >= 11 is 1.38. The summed E-state index contributed by atoms with van der Waals surface area (Å²) in [6, 6.07) is 0. The van der Waals surface area contributed by atoms with Crippen LogP contribution in [0.15, 0.2) is 9.93 Å². The lowest BCUT2D eigenvalue weighted by atomic mass is 10.4. The molecule has 0 fully saturated rings. The molecule has 0 unspecified atom stereocenters. The fourth-order valence-electron chi connectivity index (χ4n) is 1.10. The molecule has 2 heterocycles. The number of carbonyl (C=O) groups excluding carboxylic acids is 1. The van der Waals surface area contributed by atoms with Gasteiger partial charge >= 0.3 is 11.9 Å². The second-order valence-corrected chi connectivity index (χ2v) is 3.75. The molecule has 0 saturated carbocycles. The predicted octanol–water partition coefficient (Wildman–Crippen LogP) is 1.68. The minimum atomic E-state index is -0.608. The summed E-state index contributed by atoms with van der Waals surface area (Å²) in [6.07, 6.45) is 0. The van der Waals surface area contributed by atoms with E-state index >= 15 is 0 Å². The molecule has 0 saturated heterocycles. The van der Waals surface area contributed by atoms with Crippen molar-refractivity contribution in [1.29, 1.82) is 0 Å². The van der Waals surface area contributed by atoms with Gasteiger partial charge in [0.1, 0.15) is 4.88 Å². The van der Waals surface area contributed by atoms with Crippen LogP contribution in [-0.4, -0.2) is 27.8 Å². The van der Waals surface area contributed by atoms with Crippen molar-refractivity contribution >= 4 is 17.3 Å². The van der Waals surface area contributed by atoms with Crippen molar-refractivity contribution in [2.45, 2.75) is 13.8 Å². The molecular weight excluding hydrogens is 230 g/mol. The molecule has 0 amide bonds. The molecule has 0 N–H and O–H groups in total. The molecule has 0 spiro atoms. The van der Waals surface area contributed by atoms with Crippen LogP contribution in [0, 0.1) is 6.92 Å². The predicted molar refractivity (Wildman–Crippen MR) is 56.1 cm³/mol. The third kappa shape index (κ3) is 1.94. The van der Waals surface area contributed by atoms with Gasteiger partial charge in [0.15, 0.2) is 0 Å². The fourth-order valence-corrected chi connectivity index (χ4v) is 1.82. The van der Waals surface area contributed by atoms with Crippen LogP contribution >= 0.6 is 11.3 Å². The summed E-state index contributed by atoms with van der Waals surface area (Å²) in [7, 11) is 0. The number of aromatic nitrogens is 3. The first-order valence-electron chi connectivity index (χ1n) is 4.63. The lowest BCUT2D eigenvalue weighted by Gasteiger charge is -1.94. The Labute approximate surface area is 95.3 Å². The molecule has 0 aliphatic heterocycles. The molecule has 2 aromatic heterocycles. The van der Waals surface area contributed by atoms with Gasteiger partial charge in [-0.25, -0.2) is 9.78 Å². The van der Waals surface area contributed by atoms with E-state index in [1.165, 1.54) is 11.3 Å². The Kier molecular flexibility index (Phi) is 2.95. The Hall–Kier alpha value is -1.76. The number of aryl methyl sites for hydroxylation is 1. The summed E-state index contributed by atoms with van der Waals surface area (Å²) in [5.41, 5.74) is 2.47. The van der Waals surface area contributed by atoms with E-state index in [4.69, 9.17) is 9.15 Å². The van der Waals surface area contributed by atoms with Crippen LogP contribution in [0.3, 0.4) is 0 Å². The molecule has 6 nitrogen and oxygen atoms in total. The van der Waals surface area contributed by atoms with Crippen molar-refractivity contribution in [3.63, 3.8) is 0 Å². The van der Waals surface area contributed by atoms with Gasteiger partial charge in [-0.3, -0.25) is 0 Å². The van der Waals surface area contributed by atoms with E-state index in [0.717, 1.165) is 10.6 Å². The van der Waals surface area contributed by atoms with Gasteiger partial charge in [-0.2, -0.15) is 0 Å². The SMILES string of the molecule is CCOC(=O)c1nnc(-c2scnc2C)o1. The number of nitrogens with zero attached hydrogens (tertiary/aromatic N) is 3. The van der Waals surface area contributed by atoms with Gasteiger partial charge in [-0.1, -0.05) is 0 Å². The second-order valence-electron chi connectivity index (χ2n) is 2.90. The lowest BCUT2D eigenvalue weighted by molar-refractivity contribution is 0.0481. The van der Waals surface area contributed by atoms with Crippen molar-refractivity contribution in [2.75, 3.05) is 6.61 Å². The van der Waals surface area contributed by atoms with Crippen molar-refractivity contribution in [2.24, 2.45) is 0 Å². The smallest absolute Gasteiger partial charge is 0.396 e. The first-order valence-corrected chi connectivity index (χ1v) is 5.51. The first-order chi connectivity index (χ1) is 7.72. The number of thiazole rings is 1. The quantitative estimate of drug-likeness (QED) is 0.758. The number of hydrogen-bond acceptors (Lipinski definition) is 7. The zero-order chi connectivity index (χ0) is 11.5. The highest BCUT2D eigenvalue weighted by Gasteiger charge is 2.18.